The van der Waals surface area contributed by atoms with Crippen molar-refractivity contribution in [2.24, 2.45) is 0 Å². The molecule has 0 spiro atoms. The minimum absolute atomic E-state index is 0. The molecule has 5 heteroatoms. The number of rotatable bonds is 0. The third-order valence-corrected chi connectivity index (χ3v) is 0. The summed E-state index contributed by atoms with van der Waals surface area (Å²) in [4.78, 5) is 0. The van der Waals surface area contributed by atoms with Gasteiger partial charge in [-0.05, 0) is 0 Å². The van der Waals surface area contributed by atoms with E-state index in [2.05, 4.69) is 0 Å². The molecule has 0 bridgehead atoms. The zero-order valence-electron chi connectivity index (χ0n) is 1.73. The van der Waals surface area contributed by atoms with E-state index in [1.807, 2.05) is 0 Å². The second-order valence-electron chi connectivity index (χ2n) is 0. The third-order valence-electron chi connectivity index (χ3n) is 0. The van der Waals surface area contributed by atoms with Gasteiger partial charge in [0.15, 0.2) is 0 Å². The van der Waals surface area contributed by atoms with Crippen molar-refractivity contribution >= 4 is 29.6 Å². The summed E-state index contributed by atoms with van der Waals surface area (Å²) < 4.78 is 0. The zero-order valence-corrected chi connectivity index (χ0v) is 5.56. The predicted octanol–water partition coefficient (Wildman–Crippen LogP) is -1.48. The van der Waals surface area contributed by atoms with Crippen LogP contribution >= 0.6 is 0 Å². The number of hydrogen-bond acceptors (Lipinski definition) is 0. The maximum Gasteiger partial charge on any atom is 0 e. The van der Waals surface area contributed by atoms with Crippen molar-refractivity contribution in [2.45, 2.75) is 0 Å². The monoisotopic (exact) mass is 204 g/mol. The first-order valence-corrected chi connectivity index (χ1v) is 0. The van der Waals surface area contributed by atoms with Gasteiger partial charge in [-0.25, -0.2) is 0 Å². The SMILES string of the molecule is O.[Co].[NaH].[Ni].[Sc]. The van der Waals surface area contributed by atoms with Crippen LogP contribution in [0.1, 0.15) is 0 Å². The van der Waals surface area contributed by atoms with E-state index in [-0.39, 0.29) is 94.1 Å². The third kappa shape index (κ3) is 19.9. The normalized spacial score (nSPS) is 0. The fraction of sp³-hybridized carbons (Fsp3) is 0. The fourth-order valence-corrected chi connectivity index (χ4v) is 0. The maximum atomic E-state index is 0. The van der Waals surface area contributed by atoms with Crippen LogP contribution in [0, 0.1) is 0 Å². The standard InChI is InChI=1S/Co.Na.Ni.H2O.Sc.H/h;;;1H2;;. The Balaban J connectivity index is 0. The molecule has 2 radical (unpaired) electrons. The Kier molecular flexibility index (Phi) is 264. The summed E-state index contributed by atoms with van der Waals surface area (Å²) in [6.07, 6.45) is 0. The van der Waals surface area contributed by atoms with Crippen LogP contribution in [-0.4, -0.2) is 35.0 Å². The first-order valence-electron chi connectivity index (χ1n) is 0. The van der Waals surface area contributed by atoms with Crippen LogP contribution in [0.3, 0.4) is 0 Å². The van der Waals surface area contributed by atoms with Crippen molar-refractivity contribution in [3.63, 3.8) is 0 Å². The van der Waals surface area contributed by atoms with Crippen LogP contribution in [0.25, 0.3) is 0 Å². The van der Waals surface area contributed by atoms with Crippen molar-refractivity contribution in [3.05, 3.63) is 0 Å². The van der Waals surface area contributed by atoms with E-state index >= 15 is 0 Å². The summed E-state index contributed by atoms with van der Waals surface area (Å²) >= 11 is 0. The topological polar surface area (TPSA) is 31.5 Å². The molecule has 0 aromatic heterocycles. The summed E-state index contributed by atoms with van der Waals surface area (Å²) in [6.45, 7) is 0. The number of hydrogen-bond donors (Lipinski definition) is 0. The summed E-state index contributed by atoms with van der Waals surface area (Å²) in [5.41, 5.74) is 0. The van der Waals surface area contributed by atoms with Crippen molar-refractivity contribution in [1.82, 2.24) is 0 Å². The zero-order chi connectivity index (χ0) is 0. The largest absolute Gasteiger partial charge is 0 e. The predicted molar refractivity (Wildman–Crippen MR) is 10.8 cm³/mol. The Morgan fingerprint density at radius 3 is 1.00 bits per heavy atom. The Bertz CT molecular complexity index is 11.6. The van der Waals surface area contributed by atoms with Gasteiger partial charge in [-0.1, -0.05) is 0 Å². The van der Waals surface area contributed by atoms with Crippen LogP contribution in [0.2, 0.25) is 0 Å². The molecule has 0 fully saturated rings. The first kappa shape index (κ1) is 45.6. The van der Waals surface area contributed by atoms with Crippen LogP contribution < -0.4 is 0 Å². The van der Waals surface area contributed by atoms with E-state index in [1.165, 1.54) is 0 Å². The molecule has 0 saturated carbocycles. The molecule has 0 aromatic rings. The molecule has 0 saturated heterocycles. The van der Waals surface area contributed by atoms with Crippen LogP contribution in [-0.2, 0) is 59.1 Å². The van der Waals surface area contributed by atoms with E-state index in [1.54, 1.807) is 0 Å². The Morgan fingerprint density at radius 2 is 1.00 bits per heavy atom. The molecule has 0 aliphatic rings. The van der Waals surface area contributed by atoms with Crippen molar-refractivity contribution in [3.8, 4) is 0 Å². The molecular weight excluding hydrogens is 202 g/mol. The molecule has 0 heterocycles. The molecule has 0 atom stereocenters. The first-order chi connectivity index (χ1) is 0. The van der Waals surface area contributed by atoms with E-state index in [0.717, 1.165) is 0 Å². The van der Waals surface area contributed by atoms with E-state index < -0.39 is 0 Å². The Morgan fingerprint density at radius 1 is 1.00 bits per heavy atom. The van der Waals surface area contributed by atoms with Gasteiger partial charge in [0.05, 0.1) is 0 Å². The van der Waals surface area contributed by atoms with E-state index in [0.29, 0.717) is 0 Å². The fourth-order valence-electron chi connectivity index (χ4n) is 0. The summed E-state index contributed by atoms with van der Waals surface area (Å²) in [6, 6.07) is 0. The molecule has 0 amide bonds. The average Bonchev–Trinajstić information content (AvgIpc) is 0. The summed E-state index contributed by atoms with van der Waals surface area (Å²) in [5.74, 6) is 0. The smallest absolute Gasteiger partial charge is 0 e. The summed E-state index contributed by atoms with van der Waals surface area (Å²) in [5, 5.41) is 0. The van der Waals surface area contributed by atoms with Gasteiger partial charge in [0, 0.05) is 59.1 Å². The Labute approximate surface area is 92.5 Å². The molecule has 32 valence electrons. The minimum Gasteiger partial charge on any atom is 0 e. The maximum absolute atomic E-state index is 0. The second-order valence-corrected chi connectivity index (χ2v) is 0. The van der Waals surface area contributed by atoms with Crippen LogP contribution in [0.4, 0.5) is 0 Å². The Hall–Kier alpha value is 2.83. The quantitative estimate of drug-likeness (QED) is 0.431. The molecule has 0 rings (SSSR count). The molecule has 0 aromatic carbocycles. The van der Waals surface area contributed by atoms with Crippen LogP contribution in [0.5, 0.6) is 0 Å². The molecule has 2 N–H and O–H groups in total. The van der Waals surface area contributed by atoms with Crippen molar-refractivity contribution in [2.75, 3.05) is 0 Å². The molecule has 5 heavy (non-hydrogen) atoms. The second kappa shape index (κ2) is 29.0. The van der Waals surface area contributed by atoms with Gasteiger partial charge in [0.1, 0.15) is 0 Å². The minimum atomic E-state index is 0. The van der Waals surface area contributed by atoms with Gasteiger partial charge < -0.3 is 5.48 Å². The molecular formula is H3CoNaNiOSc. The molecule has 1 nitrogen and oxygen atoms in total. The van der Waals surface area contributed by atoms with Gasteiger partial charge in [-0.3, -0.25) is 0 Å². The molecule has 0 unspecified atom stereocenters. The van der Waals surface area contributed by atoms with Gasteiger partial charge in [-0.15, -0.1) is 0 Å². The van der Waals surface area contributed by atoms with Gasteiger partial charge >= 0.3 is 29.6 Å². The van der Waals surface area contributed by atoms with Crippen LogP contribution in [0.15, 0.2) is 0 Å². The van der Waals surface area contributed by atoms with Gasteiger partial charge in [0.2, 0.25) is 0 Å². The average molecular weight is 205 g/mol. The summed E-state index contributed by atoms with van der Waals surface area (Å²) in [7, 11) is 0. The molecule has 0 aliphatic carbocycles. The molecule has 0 aliphatic heterocycles. The van der Waals surface area contributed by atoms with Gasteiger partial charge in [-0.2, -0.15) is 0 Å². The van der Waals surface area contributed by atoms with E-state index in [4.69, 9.17) is 0 Å². The van der Waals surface area contributed by atoms with Crippen molar-refractivity contribution < 1.29 is 64.6 Å². The van der Waals surface area contributed by atoms with E-state index in [9.17, 15) is 0 Å². The van der Waals surface area contributed by atoms with Crippen molar-refractivity contribution in [1.29, 1.82) is 0 Å². The van der Waals surface area contributed by atoms with Gasteiger partial charge in [0.25, 0.3) is 0 Å².